The van der Waals surface area contributed by atoms with Crippen molar-refractivity contribution >= 4 is 5.91 Å². The van der Waals surface area contributed by atoms with E-state index in [0.29, 0.717) is 5.91 Å². The highest BCUT2D eigenvalue weighted by Gasteiger charge is 2.34. The molecule has 188 valence electrons. The van der Waals surface area contributed by atoms with Crippen LogP contribution in [-0.4, -0.2) is 66.5 Å². The van der Waals surface area contributed by atoms with Crippen LogP contribution in [0.1, 0.15) is 42.0 Å². The highest BCUT2D eigenvalue weighted by Crippen LogP contribution is 2.30. The first kappa shape index (κ1) is 24.5. The predicted molar refractivity (Wildman–Crippen MR) is 144 cm³/mol. The molecule has 0 aromatic heterocycles. The largest absolute Gasteiger partial charge is 0.497 e. The summed E-state index contributed by atoms with van der Waals surface area (Å²) in [6.07, 6.45) is 3.23. The molecule has 0 aliphatic carbocycles. The fourth-order valence-corrected chi connectivity index (χ4v) is 5.72. The molecule has 5 heteroatoms. The lowest BCUT2D eigenvalue weighted by Crippen LogP contribution is -2.56. The van der Waals surface area contributed by atoms with E-state index in [-0.39, 0.29) is 12.1 Å². The third-order valence-electron chi connectivity index (χ3n) is 7.67. The molecule has 36 heavy (non-hydrogen) atoms. The number of piperazine rings is 1. The van der Waals surface area contributed by atoms with Gasteiger partial charge in [-0.05, 0) is 48.2 Å². The Morgan fingerprint density at radius 3 is 2.00 bits per heavy atom. The van der Waals surface area contributed by atoms with Gasteiger partial charge in [0.2, 0.25) is 5.91 Å². The number of hydrogen-bond donors (Lipinski definition) is 0. The van der Waals surface area contributed by atoms with E-state index in [1.54, 1.807) is 7.11 Å². The molecule has 0 bridgehead atoms. The molecule has 2 saturated heterocycles. The summed E-state index contributed by atoms with van der Waals surface area (Å²) < 4.78 is 5.30. The van der Waals surface area contributed by atoms with E-state index in [9.17, 15) is 4.79 Å². The van der Waals surface area contributed by atoms with Crippen LogP contribution in [0.3, 0.4) is 0 Å². The summed E-state index contributed by atoms with van der Waals surface area (Å²) in [6, 6.07) is 29.9. The van der Waals surface area contributed by atoms with Crippen molar-refractivity contribution in [2.45, 2.75) is 37.9 Å². The first-order chi connectivity index (χ1) is 17.7. The van der Waals surface area contributed by atoms with Crippen molar-refractivity contribution in [1.82, 2.24) is 14.7 Å². The van der Waals surface area contributed by atoms with Gasteiger partial charge in [-0.2, -0.15) is 0 Å². The van der Waals surface area contributed by atoms with Gasteiger partial charge in [0.25, 0.3) is 0 Å². The molecule has 0 unspecified atom stereocenters. The Hall–Kier alpha value is -3.15. The maximum Gasteiger partial charge on any atom is 0.240 e. The predicted octanol–water partition coefficient (Wildman–Crippen LogP) is 4.98. The Morgan fingerprint density at radius 2 is 1.42 bits per heavy atom. The van der Waals surface area contributed by atoms with Gasteiger partial charge in [0, 0.05) is 32.7 Å². The van der Waals surface area contributed by atoms with Gasteiger partial charge >= 0.3 is 0 Å². The number of benzene rings is 3. The van der Waals surface area contributed by atoms with Crippen LogP contribution in [0.15, 0.2) is 84.9 Å². The van der Waals surface area contributed by atoms with Crippen LogP contribution < -0.4 is 4.74 Å². The number of likely N-dealkylation sites (tertiary alicyclic amines) is 1. The molecule has 2 aliphatic heterocycles. The molecule has 3 aromatic rings. The van der Waals surface area contributed by atoms with Gasteiger partial charge in [-0.25, -0.2) is 0 Å². The van der Waals surface area contributed by atoms with E-state index in [2.05, 4.69) is 87.5 Å². The fourth-order valence-electron chi connectivity index (χ4n) is 5.72. The molecule has 2 aliphatic rings. The van der Waals surface area contributed by atoms with Gasteiger partial charge in [-0.15, -0.1) is 0 Å². The van der Waals surface area contributed by atoms with Crippen LogP contribution in [-0.2, 0) is 11.3 Å². The van der Waals surface area contributed by atoms with Crippen LogP contribution in [0.5, 0.6) is 5.75 Å². The minimum atomic E-state index is -0.0218. The second kappa shape index (κ2) is 11.7. The molecule has 2 heterocycles. The summed E-state index contributed by atoms with van der Waals surface area (Å²) in [5.74, 6) is 1.17. The summed E-state index contributed by atoms with van der Waals surface area (Å²) in [5.41, 5.74) is 3.84. The minimum Gasteiger partial charge on any atom is -0.497 e. The van der Waals surface area contributed by atoms with Crippen LogP contribution in [0, 0.1) is 0 Å². The van der Waals surface area contributed by atoms with Crippen LogP contribution in [0.2, 0.25) is 0 Å². The maximum atomic E-state index is 13.7. The standard InChI is InChI=1S/C31H37N3O2/c1-36-28-17-15-25(16-18-28)24-34-19-9-8-14-29(34)31(35)33-22-20-32(21-23-33)30(26-10-4-2-5-11-26)27-12-6-3-7-13-27/h2-7,10-13,15-18,29-30H,8-9,14,19-24H2,1H3/t29-/m0/s1. The second-order valence-electron chi connectivity index (χ2n) is 9.92. The van der Waals surface area contributed by atoms with Gasteiger partial charge in [-0.1, -0.05) is 79.2 Å². The Labute approximate surface area is 215 Å². The Bertz CT molecular complexity index is 1060. The molecule has 0 radical (unpaired) electrons. The molecule has 5 rings (SSSR count). The number of ether oxygens (including phenoxy) is 1. The number of piperidine rings is 1. The normalized spacial score (nSPS) is 19.4. The number of hydrogen-bond acceptors (Lipinski definition) is 4. The van der Waals surface area contributed by atoms with Gasteiger partial charge in [-0.3, -0.25) is 14.6 Å². The quantitative estimate of drug-likeness (QED) is 0.475. The van der Waals surface area contributed by atoms with E-state index < -0.39 is 0 Å². The van der Waals surface area contributed by atoms with Gasteiger partial charge in [0.1, 0.15) is 5.75 Å². The minimum absolute atomic E-state index is 0.0218. The number of amides is 1. The molecular formula is C31H37N3O2. The zero-order chi connectivity index (χ0) is 24.7. The number of methoxy groups -OCH3 is 1. The molecule has 1 atom stereocenters. The van der Waals surface area contributed by atoms with Crippen LogP contribution in [0.25, 0.3) is 0 Å². The summed E-state index contributed by atoms with van der Waals surface area (Å²) in [5, 5.41) is 0. The molecule has 0 saturated carbocycles. The summed E-state index contributed by atoms with van der Waals surface area (Å²) >= 11 is 0. The number of nitrogens with zero attached hydrogens (tertiary/aromatic N) is 3. The third kappa shape index (κ3) is 5.63. The fraction of sp³-hybridized carbons (Fsp3) is 0.387. The Balaban J connectivity index is 1.25. The van der Waals surface area contributed by atoms with Crippen molar-refractivity contribution in [2.75, 3.05) is 39.8 Å². The van der Waals surface area contributed by atoms with Gasteiger partial charge < -0.3 is 9.64 Å². The first-order valence-corrected chi connectivity index (χ1v) is 13.2. The number of carbonyl (C=O) groups is 1. The molecule has 3 aromatic carbocycles. The molecule has 1 amide bonds. The van der Waals surface area contributed by atoms with Crippen molar-refractivity contribution in [3.05, 3.63) is 102 Å². The second-order valence-corrected chi connectivity index (χ2v) is 9.92. The lowest BCUT2D eigenvalue weighted by Gasteiger charge is -2.43. The van der Waals surface area contributed by atoms with E-state index in [4.69, 9.17) is 4.74 Å². The van der Waals surface area contributed by atoms with E-state index >= 15 is 0 Å². The monoisotopic (exact) mass is 483 g/mol. The number of carbonyl (C=O) groups excluding carboxylic acids is 1. The zero-order valence-electron chi connectivity index (χ0n) is 21.3. The maximum absolute atomic E-state index is 13.7. The molecule has 5 nitrogen and oxygen atoms in total. The zero-order valence-corrected chi connectivity index (χ0v) is 21.3. The van der Waals surface area contributed by atoms with E-state index in [1.807, 2.05) is 12.1 Å². The summed E-state index contributed by atoms with van der Waals surface area (Å²) in [6.45, 7) is 5.11. The molecule has 0 N–H and O–H groups in total. The van der Waals surface area contributed by atoms with Crippen molar-refractivity contribution in [2.24, 2.45) is 0 Å². The van der Waals surface area contributed by atoms with Crippen molar-refractivity contribution in [3.63, 3.8) is 0 Å². The third-order valence-corrected chi connectivity index (χ3v) is 7.67. The lowest BCUT2D eigenvalue weighted by molar-refractivity contribution is -0.140. The van der Waals surface area contributed by atoms with E-state index in [1.165, 1.54) is 16.7 Å². The van der Waals surface area contributed by atoms with Crippen molar-refractivity contribution in [1.29, 1.82) is 0 Å². The molecule has 2 fully saturated rings. The van der Waals surface area contributed by atoms with E-state index in [0.717, 1.165) is 64.3 Å². The van der Waals surface area contributed by atoms with Crippen molar-refractivity contribution < 1.29 is 9.53 Å². The highest BCUT2D eigenvalue weighted by atomic mass is 16.5. The first-order valence-electron chi connectivity index (χ1n) is 13.2. The highest BCUT2D eigenvalue weighted by molar-refractivity contribution is 5.82. The van der Waals surface area contributed by atoms with Crippen LogP contribution in [0.4, 0.5) is 0 Å². The summed E-state index contributed by atoms with van der Waals surface area (Å²) in [7, 11) is 1.69. The molecule has 0 spiro atoms. The van der Waals surface area contributed by atoms with Crippen molar-refractivity contribution in [3.8, 4) is 5.75 Å². The van der Waals surface area contributed by atoms with Gasteiger partial charge in [0.15, 0.2) is 0 Å². The summed E-state index contributed by atoms with van der Waals surface area (Å²) in [4.78, 5) is 20.7. The lowest BCUT2D eigenvalue weighted by atomic mass is 9.96. The topological polar surface area (TPSA) is 36.0 Å². The van der Waals surface area contributed by atoms with Crippen LogP contribution >= 0.6 is 0 Å². The SMILES string of the molecule is COc1ccc(CN2CCCC[C@H]2C(=O)N2CCN(C(c3ccccc3)c3ccccc3)CC2)cc1. The number of rotatable bonds is 7. The smallest absolute Gasteiger partial charge is 0.240 e. The Kier molecular flexibility index (Phi) is 7.99. The Morgan fingerprint density at radius 1 is 0.806 bits per heavy atom. The molecular weight excluding hydrogens is 446 g/mol. The average Bonchev–Trinajstić information content (AvgIpc) is 2.95. The van der Waals surface area contributed by atoms with Gasteiger partial charge in [0.05, 0.1) is 19.2 Å². The average molecular weight is 484 g/mol.